The van der Waals surface area contributed by atoms with Gasteiger partial charge in [-0.15, -0.1) is 0 Å². The maximum atomic E-state index is 13.7. The van der Waals surface area contributed by atoms with Gasteiger partial charge in [0.15, 0.2) is 5.16 Å². The second-order valence-corrected chi connectivity index (χ2v) is 8.05. The second kappa shape index (κ2) is 9.32. The summed E-state index contributed by atoms with van der Waals surface area (Å²) in [5.74, 6) is -0.714. The van der Waals surface area contributed by atoms with E-state index in [2.05, 4.69) is 10.3 Å². The van der Waals surface area contributed by atoms with Crippen molar-refractivity contribution in [1.82, 2.24) is 14.9 Å². The molecule has 0 saturated heterocycles. The number of para-hydroxylation sites is 1. The summed E-state index contributed by atoms with van der Waals surface area (Å²) in [6, 6.07) is 20.5. The Morgan fingerprint density at radius 3 is 2.58 bits per heavy atom. The number of nitrogens with zero attached hydrogens (tertiary/aromatic N) is 2. The zero-order valence-corrected chi connectivity index (χ0v) is 17.8. The van der Waals surface area contributed by atoms with E-state index in [4.69, 9.17) is 11.6 Å². The smallest absolute Gasteiger partial charge is 0.266 e. The summed E-state index contributed by atoms with van der Waals surface area (Å²) in [6.07, 6.45) is 0. The van der Waals surface area contributed by atoms with Crippen molar-refractivity contribution in [2.45, 2.75) is 11.7 Å². The molecular formula is C23H17ClFN3O2S. The van der Waals surface area contributed by atoms with Gasteiger partial charge < -0.3 is 5.32 Å². The summed E-state index contributed by atoms with van der Waals surface area (Å²) in [7, 11) is 0. The maximum absolute atomic E-state index is 13.7. The topological polar surface area (TPSA) is 64.0 Å². The lowest BCUT2D eigenvalue weighted by molar-refractivity contribution is -0.118. The van der Waals surface area contributed by atoms with Crippen LogP contribution in [-0.4, -0.2) is 21.2 Å². The van der Waals surface area contributed by atoms with Crippen LogP contribution in [0.15, 0.2) is 82.7 Å². The second-order valence-electron chi connectivity index (χ2n) is 6.70. The van der Waals surface area contributed by atoms with Crippen LogP contribution >= 0.6 is 23.4 Å². The molecule has 0 unspecified atom stereocenters. The Kier molecular flexibility index (Phi) is 6.34. The lowest BCUT2D eigenvalue weighted by atomic mass is 10.2. The number of rotatable bonds is 6. The highest BCUT2D eigenvalue weighted by Gasteiger charge is 2.16. The van der Waals surface area contributed by atoms with Crippen molar-refractivity contribution in [2.75, 3.05) is 5.75 Å². The molecule has 0 atom stereocenters. The number of fused-ring (bicyclic) bond motifs is 1. The molecule has 31 heavy (non-hydrogen) atoms. The Bertz CT molecular complexity index is 1310. The van der Waals surface area contributed by atoms with E-state index in [0.717, 1.165) is 17.3 Å². The molecule has 1 amide bonds. The minimum absolute atomic E-state index is 0.0620. The first-order valence-corrected chi connectivity index (χ1v) is 10.8. The van der Waals surface area contributed by atoms with Crippen molar-refractivity contribution < 1.29 is 9.18 Å². The Morgan fingerprint density at radius 2 is 1.81 bits per heavy atom. The summed E-state index contributed by atoms with van der Waals surface area (Å²) in [5, 5.41) is 3.49. The van der Waals surface area contributed by atoms with Gasteiger partial charge in [-0.3, -0.25) is 14.2 Å². The zero-order chi connectivity index (χ0) is 21.8. The van der Waals surface area contributed by atoms with Crippen LogP contribution in [0.5, 0.6) is 0 Å². The van der Waals surface area contributed by atoms with Gasteiger partial charge in [-0.2, -0.15) is 0 Å². The van der Waals surface area contributed by atoms with Gasteiger partial charge in [-0.05, 0) is 35.9 Å². The van der Waals surface area contributed by atoms with Crippen molar-refractivity contribution in [3.63, 3.8) is 0 Å². The number of carbonyl (C=O) groups is 1. The molecule has 0 bridgehead atoms. The van der Waals surface area contributed by atoms with E-state index in [-0.39, 0.29) is 22.2 Å². The van der Waals surface area contributed by atoms with Crippen LogP contribution in [0.1, 0.15) is 5.56 Å². The predicted octanol–water partition coefficient (Wildman–Crippen LogP) is 4.59. The van der Waals surface area contributed by atoms with Crippen molar-refractivity contribution in [1.29, 1.82) is 0 Å². The highest BCUT2D eigenvalue weighted by atomic mass is 35.5. The molecule has 0 aliphatic carbocycles. The van der Waals surface area contributed by atoms with Crippen LogP contribution in [-0.2, 0) is 11.3 Å². The van der Waals surface area contributed by atoms with Crippen molar-refractivity contribution in [2.24, 2.45) is 0 Å². The van der Waals surface area contributed by atoms with Crippen LogP contribution in [0.25, 0.3) is 16.6 Å². The monoisotopic (exact) mass is 453 g/mol. The highest BCUT2D eigenvalue weighted by Crippen LogP contribution is 2.24. The lowest BCUT2D eigenvalue weighted by Crippen LogP contribution is -2.26. The normalized spacial score (nSPS) is 10.9. The fourth-order valence-corrected chi connectivity index (χ4v) is 4.06. The first kappa shape index (κ1) is 21.1. The predicted molar refractivity (Wildman–Crippen MR) is 121 cm³/mol. The van der Waals surface area contributed by atoms with Crippen molar-refractivity contribution >= 4 is 40.2 Å². The number of hydrogen-bond acceptors (Lipinski definition) is 4. The number of thioether (sulfide) groups is 1. The largest absolute Gasteiger partial charge is 0.351 e. The first-order valence-electron chi connectivity index (χ1n) is 9.43. The van der Waals surface area contributed by atoms with Gasteiger partial charge in [-0.25, -0.2) is 9.37 Å². The van der Waals surface area contributed by atoms with Crippen LogP contribution in [0, 0.1) is 5.82 Å². The summed E-state index contributed by atoms with van der Waals surface area (Å²) >= 11 is 7.06. The molecule has 4 rings (SSSR count). The standard InChI is InChI=1S/C23H17ClFN3O2S/c24-18-12-16(10-11-19(18)25)28-22(30)17-8-4-5-9-20(17)27-23(28)31-14-21(29)26-13-15-6-2-1-3-7-15/h1-12H,13-14H2,(H,26,29). The Hall–Kier alpha value is -3.16. The molecule has 0 spiro atoms. The Balaban J connectivity index is 1.63. The molecule has 1 N–H and O–H groups in total. The molecule has 0 fully saturated rings. The quantitative estimate of drug-likeness (QED) is 0.342. The minimum atomic E-state index is -0.582. The third kappa shape index (κ3) is 4.78. The molecule has 8 heteroatoms. The number of aromatic nitrogens is 2. The van der Waals surface area contributed by atoms with Crippen LogP contribution in [0.4, 0.5) is 4.39 Å². The summed E-state index contributed by atoms with van der Waals surface area (Å²) in [6.45, 7) is 0.408. The van der Waals surface area contributed by atoms with Gasteiger partial charge >= 0.3 is 0 Å². The average Bonchev–Trinajstić information content (AvgIpc) is 2.79. The summed E-state index contributed by atoms with van der Waals surface area (Å²) in [5.41, 5.74) is 1.56. The van der Waals surface area contributed by atoms with E-state index in [1.165, 1.54) is 22.8 Å². The number of halogens is 2. The van der Waals surface area contributed by atoms with Crippen molar-refractivity contribution in [3.8, 4) is 5.69 Å². The molecule has 0 saturated carbocycles. The summed E-state index contributed by atoms with van der Waals surface area (Å²) in [4.78, 5) is 30.1. The Labute approximate surface area is 186 Å². The van der Waals surface area contributed by atoms with Crippen LogP contribution < -0.4 is 10.9 Å². The third-order valence-electron chi connectivity index (χ3n) is 4.57. The van der Waals surface area contributed by atoms with Gasteiger partial charge in [0, 0.05) is 6.54 Å². The molecule has 1 heterocycles. The number of benzene rings is 3. The molecule has 3 aromatic carbocycles. The first-order chi connectivity index (χ1) is 15.0. The molecule has 1 aromatic heterocycles. The fourth-order valence-electron chi connectivity index (χ4n) is 3.04. The van der Waals surface area contributed by atoms with Gasteiger partial charge in [-0.1, -0.05) is 65.8 Å². The number of carbonyl (C=O) groups excluding carboxylic acids is 1. The zero-order valence-electron chi connectivity index (χ0n) is 16.2. The van der Waals surface area contributed by atoms with Crippen molar-refractivity contribution in [3.05, 3.63) is 99.6 Å². The highest BCUT2D eigenvalue weighted by molar-refractivity contribution is 7.99. The maximum Gasteiger partial charge on any atom is 0.266 e. The molecule has 5 nitrogen and oxygen atoms in total. The molecule has 156 valence electrons. The SMILES string of the molecule is O=C(CSc1nc2ccccc2c(=O)n1-c1ccc(F)c(Cl)c1)NCc1ccccc1. The third-order valence-corrected chi connectivity index (χ3v) is 5.80. The molecular weight excluding hydrogens is 437 g/mol. The number of hydrogen-bond donors (Lipinski definition) is 1. The minimum Gasteiger partial charge on any atom is -0.351 e. The molecule has 0 radical (unpaired) electrons. The molecule has 0 aliphatic rings. The van der Waals surface area contributed by atoms with Gasteiger partial charge in [0.2, 0.25) is 5.91 Å². The van der Waals surface area contributed by atoms with Gasteiger partial charge in [0.25, 0.3) is 5.56 Å². The van der Waals surface area contributed by atoms with E-state index < -0.39 is 5.82 Å². The van der Waals surface area contributed by atoms with E-state index >= 15 is 0 Å². The van der Waals surface area contributed by atoms with E-state index in [0.29, 0.717) is 28.3 Å². The Morgan fingerprint density at radius 1 is 1.06 bits per heavy atom. The summed E-state index contributed by atoms with van der Waals surface area (Å²) < 4.78 is 15.0. The fraction of sp³-hybridized carbons (Fsp3) is 0.0870. The number of amides is 1. The number of nitrogens with one attached hydrogen (secondary N) is 1. The van der Waals surface area contributed by atoms with Gasteiger partial charge in [0.05, 0.1) is 27.4 Å². The van der Waals surface area contributed by atoms with Crippen LogP contribution in [0.2, 0.25) is 5.02 Å². The molecule has 4 aromatic rings. The average molecular weight is 454 g/mol. The van der Waals surface area contributed by atoms with E-state index in [1.54, 1.807) is 24.3 Å². The van der Waals surface area contributed by atoms with Crippen LogP contribution in [0.3, 0.4) is 0 Å². The molecule has 0 aliphatic heterocycles. The van der Waals surface area contributed by atoms with Gasteiger partial charge in [0.1, 0.15) is 5.82 Å². The van der Waals surface area contributed by atoms with E-state index in [1.807, 2.05) is 30.3 Å². The van der Waals surface area contributed by atoms with E-state index in [9.17, 15) is 14.0 Å². The lowest BCUT2D eigenvalue weighted by Gasteiger charge is -2.13.